The van der Waals surface area contributed by atoms with E-state index in [2.05, 4.69) is 31.4 Å². The minimum Gasteiger partial charge on any atom is -0.379 e. The predicted molar refractivity (Wildman–Crippen MR) is 82.2 cm³/mol. The summed E-state index contributed by atoms with van der Waals surface area (Å²) in [7, 11) is 0. The Morgan fingerprint density at radius 2 is 2.00 bits per heavy atom. The fourth-order valence-electron chi connectivity index (χ4n) is 3.48. The van der Waals surface area contributed by atoms with Crippen molar-refractivity contribution < 1.29 is 14.3 Å². The molecule has 0 aromatic heterocycles. The molecule has 5 nitrogen and oxygen atoms in total. The van der Waals surface area contributed by atoms with Crippen molar-refractivity contribution in [1.29, 1.82) is 0 Å². The Morgan fingerprint density at radius 1 is 1.24 bits per heavy atom. The van der Waals surface area contributed by atoms with E-state index in [1.165, 1.54) is 0 Å². The first kappa shape index (κ1) is 16.7. The molecule has 0 aromatic carbocycles. The van der Waals surface area contributed by atoms with Crippen LogP contribution in [-0.2, 0) is 14.3 Å². The normalized spacial score (nSPS) is 32.0. The smallest absolute Gasteiger partial charge is 0.227 e. The minimum atomic E-state index is -0.0644. The van der Waals surface area contributed by atoms with E-state index in [9.17, 15) is 4.79 Å². The molecule has 2 aliphatic rings. The van der Waals surface area contributed by atoms with Crippen molar-refractivity contribution in [3.63, 3.8) is 0 Å². The molecule has 0 aromatic rings. The quantitative estimate of drug-likeness (QED) is 0.779. The SMILES string of the molecule is CCNC1COCC1C(=O)NC1CCOC(CC)(CC)C1. The van der Waals surface area contributed by atoms with Crippen LogP contribution in [-0.4, -0.2) is 50.0 Å². The van der Waals surface area contributed by atoms with Gasteiger partial charge in [-0.2, -0.15) is 0 Å². The zero-order valence-electron chi connectivity index (χ0n) is 13.6. The maximum absolute atomic E-state index is 12.5. The van der Waals surface area contributed by atoms with E-state index < -0.39 is 0 Å². The average molecular weight is 298 g/mol. The van der Waals surface area contributed by atoms with Crippen LogP contribution in [0.2, 0.25) is 0 Å². The number of carbonyl (C=O) groups is 1. The Hall–Kier alpha value is -0.650. The molecule has 2 rings (SSSR count). The van der Waals surface area contributed by atoms with E-state index in [1.54, 1.807) is 0 Å². The van der Waals surface area contributed by atoms with Crippen LogP contribution in [0.25, 0.3) is 0 Å². The van der Waals surface area contributed by atoms with Crippen LogP contribution in [0.5, 0.6) is 0 Å². The van der Waals surface area contributed by atoms with Gasteiger partial charge in [0, 0.05) is 18.7 Å². The molecule has 3 unspecified atom stereocenters. The maximum atomic E-state index is 12.5. The van der Waals surface area contributed by atoms with Gasteiger partial charge in [-0.05, 0) is 32.2 Å². The summed E-state index contributed by atoms with van der Waals surface area (Å²) < 4.78 is 11.4. The number of carbonyl (C=O) groups excluding carboxylic acids is 1. The number of ether oxygens (including phenoxy) is 2. The van der Waals surface area contributed by atoms with Gasteiger partial charge in [-0.1, -0.05) is 20.8 Å². The van der Waals surface area contributed by atoms with Crippen molar-refractivity contribution in [2.45, 2.75) is 64.1 Å². The molecule has 3 atom stereocenters. The predicted octanol–water partition coefficient (Wildman–Crippen LogP) is 1.46. The van der Waals surface area contributed by atoms with Gasteiger partial charge in [0.15, 0.2) is 0 Å². The first-order valence-electron chi connectivity index (χ1n) is 8.39. The van der Waals surface area contributed by atoms with Gasteiger partial charge in [0.05, 0.1) is 24.7 Å². The minimum absolute atomic E-state index is 0.0521. The standard InChI is InChI=1S/C16H30N2O3/c1-4-16(5-2)9-12(7-8-21-16)18-15(19)13-10-20-11-14(13)17-6-3/h12-14,17H,4-11H2,1-3H3,(H,18,19). The molecule has 0 radical (unpaired) electrons. The zero-order chi connectivity index (χ0) is 15.3. The van der Waals surface area contributed by atoms with Crippen LogP contribution in [0.15, 0.2) is 0 Å². The van der Waals surface area contributed by atoms with E-state index in [0.717, 1.165) is 38.8 Å². The third kappa shape index (κ3) is 3.96. The molecular formula is C16H30N2O3. The first-order valence-corrected chi connectivity index (χ1v) is 8.39. The van der Waals surface area contributed by atoms with Crippen molar-refractivity contribution in [1.82, 2.24) is 10.6 Å². The molecule has 0 spiro atoms. The van der Waals surface area contributed by atoms with Crippen LogP contribution >= 0.6 is 0 Å². The molecule has 0 bridgehead atoms. The van der Waals surface area contributed by atoms with Gasteiger partial charge in [-0.3, -0.25) is 4.79 Å². The third-order valence-corrected chi connectivity index (χ3v) is 5.01. The van der Waals surface area contributed by atoms with E-state index in [0.29, 0.717) is 13.2 Å². The molecule has 21 heavy (non-hydrogen) atoms. The summed E-state index contributed by atoms with van der Waals surface area (Å²) in [6.45, 7) is 9.16. The van der Waals surface area contributed by atoms with E-state index in [-0.39, 0.29) is 29.5 Å². The maximum Gasteiger partial charge on any atom is 0.227 e. The first-order chi connectivity index (χ1) is 10.1. The van der Waals surface area contributed by atoms with Crippen molar-refractivity contribution >= 4 is 5.91 Å². The summed E-state index contributed by atoms with van der Waals surface area (Å²) in [5.74, 6) is 0.0666. The summed E-state index contributed by atoms with van der Waals surface area (Å²) >= 11 is 0. The molecule has 2 N–H and O–H groups in total. The Morgan fingerprint density at radius 3 is 2.67 bits per heavy atom. The molecule has 2 fully saturated rings. The molecule has 2 saturated heterocycles. The Bertz CT molecular complexity index is 344. The van der Waals surface area contributed by atoms with Gasteiger partial charge < -0.3 is 20.1 Å². The number of nitrogens with one attached hydrogen (secondary N) is 2. The van der Waals surface area contributed by atoms with E-state index in [4.69, 9.17) is 9.47 Å². The zero-order valence-corrected chi connectivity index (χ0v) is 13.6. The molecule has 2 aliphatic heterocycles. The highest BCUT2D eigenvalue weighted by molar-refractivity contribution is 5.80. The van der Waals surface area contributed by atoms with Crippen LogP contribution in [0, 0.1) is 5.92 Å². The Kier molecular flexibility index (Phi) is 6.02. The second-order valence-corrected chi connectivity index (χ2v) is 6.25. The number of hydrogen-bond acceptors (Lipinski definition) is 4. The van der Waals surface area contributed by atoms with Crippen molar-refractivity contribution in [3.8, 4) is 0 Å². The second-order valence-electron chi connectivity index (χ2n) is 6.25. The van der Waals surface area contributed by atoms with E-state index in [1.807, 2.05) is 0 Å². The largest absolute Gasteiger partial charge is 0.379 e. The fraction of sp³-hybridized carbons (Fsp3) is 0.938. The second kappa shape index (κ2) is 7.56. The van der Waals surface area contributed by atoms with Crippen LogP contribution < -0.4 is 10.6 Å². The fourth-order valence-corrected chi connectivity index (χ4v) is 3.48. The van der Waals surface area contributed by atoms with Gasteiger partial charge in [-0.15, -0.1) is 0 Å². The van der Waals surface area contributed by atoms with Gasteiger partial charge in [-0.25, -0.2) is 0 Å². The monoisotopic (exact) mass is 298 g/mol. The molecule has 5 heteroatoms. The number of likely N-dealkylation sites (N-methyl/N-ethyl adjacent to an activating group) is 1. The Balaban J connectivity index is 1.90. The van der Waals surface area contributed by atoms with Crippen molar-refractivity contribution in [3.05, 3.63) is 0 Å². The molecule has 122 valence electrons. The number of hydrogen-bond donors (Lipinski definition) is 2. The lowest BCUT2D eigenvalue weighted by Crippen LogP contribution is -2.51. The van der Waals surface area contributed by atoms with Crippen LogP contribution in [0.3, 0.4) is 0 Å². The average Bonchev–Trinajstić information content (AvgIpc) is 2.96. The summed E-state index contributed by atoms with van der Waals surface area (Å²) in [6, 6.07) is 0.381. The third-order valence-electron chi connectivity index (χ3n) is 5.01. The number of rotatable bonds is 6. The van der Waals surface area contributed by atoms with Crippen molar-refractivity contribution in [2.24, 2.45) is 5.92 Å². The number of amides is 1. The summed E-state index contributed by atoms with van der Waals surface area (Å²) in [4.78, 5) is 12.5. The van der Waals surface area contributed by atoms with Gasteiger partial charge >= 0.3 is 0 Å². The van der Waals surface area contributed by atoms with Crippen LogP contribution in [0.1, 0.15) is 46.5 Å². The highest BCUT2D eigenvalue weighted by atomic mass is 16.5. The molecule has 2 heterocycles. The summed E-state index contributed by atoms with van der Waals surface area (Å²) in [6.07, 6.45) is 3.84. The lowest BCUT2D eigenvalue weighted by atomic mass is 9.85. The van der Waals surface area contributed by atoms with E-state index >= 15 is 0 Å². The lowest BCUT2D eigenvalue weighted by molar-refractivity contribution is -0.130. The molecule has 1 amide bonds. The summed E-state index contributed by atoms with van der Waals surface area (Å²) in [5.41, 5.74) is -0.0521. The van der Waals surface area contributed by atoms with Gasteiger partial charge in [0.2, 0.25) is 5.91 Å². The Labute approximate surface area is 128 Å². The summed E-state index contributed by atoms with van der Waals surface area (Å²) in [5, 5.41) is 6.57. The molecular weight excluding hydrogens is 268 g/mol. The van der Waals surface area contributed by atoms with Gasteiger partial charge in [0.25, 0.3) is 0 Å². The van der Waals surface area contributed by atoms with Gasteiger partial charge in [0.1, 0.15) is 0 Å². The lowest BCUT2D eigenvalue weighted by Gasteiger charge is -2.40. The van der Waals surface area contributed by atoms with Crippen molar-refractivity contribution in [2.75, 3.05) is 26.4 Å². The van der Waals surface area contributed by atoms with Crippen LogP contribution in [0.4, 0.5) is 0 Å². The topological polar surface area (TPSA) is 59.6 Å². The molecule has 0 aliphatic carbocycles. The molecule has 0 saturated carbocycles. The highest BCUT2D eigenvalue weighted by Gasteiger charge is 2.38. The highest BCUT2D eigenvalue weighted by Crippen LogP contribution is 2.31.